The molecule has 28 heavy (non-hydrogen) atoms. The Morgan fingerprint density at radius 1 is 1.11 bits per heavy atom. The highest BCUT2D eigenvalue weighted by molar-refractivity contribution is 5.92. The van der Waals surface area contributed by atoms with Gasteiger partial charge in [0.25, 0.3) is 5.91 Å². The topological polar surface area (TPSA) is 120 Å². The molecule has 0 radical (unpaired) electrons. The number of amides is 1. The first-order valence-corrected chi connectivity index (χ1v) is 8.50. The van der Waals surface area contributed by atoms with Crippen LogP contribution in [0.15, 0.2) is 54.7 Å². The number of hydrogen-bond donors (Lipinski definition) is 2. The maximum absolute atomic E-state index is 11.6. The van der Waals surface area contributed by atoms with Crippen LogP contribution in [0.1, 0.15) is 16.1 Å². The van der Waals surface area contributed by atoms with Crippen LogP contribution in [0.5, 0.6) is 6.01 Å². The number of nitrogens with zero attached hydrogens (tertiary/aromatic N) is 5. The first-order chi connectivity index (χ1) is 13.7. The Kier molecular flexibility index (Phi) is 4.55. The van der Waals surface area contributed by atoms with E-state index in [1.807, 2.05) is 36.4 Å². The van der Waals surface area contributed by atoms with E-state index in [4.69, 9.17) is 10.5 Å². The largest absolute Gasteiger partial charge is 0.467 e. The lowest BCUT2D eigenvalue weighted by Crippen LogP contribution is -2.15. The Hall–Kier alpha value is -4.01. The summed E-state index contributed by atoms with van der Waals surface area (Å²) in [6.45, 7) is 0.550. The molecule has 0 aliphatic carbocycles. The number of carbonyl (C=O) groups is 1. The maximum Gasteiger partial charge on any atom is 0.321 e. The summed E-state index contributed by atoms with van der Waals surface area (Å²) < 4.78 is 6.68. The van der Waals surface area contributed by atoms with Crippen LogP contribution < -0.4 is 15.8 Å². The van der Waals surface area contributed by atoms with Gasteiger partial charge in [0.1, 0.15) is 5.69 Å². The van der Waals surface area contributed by atoms with E-state index in [0.29, 0.717) is 29.4 Å². The zero-order valence-corrected chi connectivity index (χ0v) is 15.0. The molecule has 0 aliphatic heterocycles. The fourth-order valence-corrected chi connectivity index (χ4v) is 2.79. The Bertz CT molecular complexity index is 1140. The van der Waals surface area contributed by atoms with Crippen LogP contribution in [0.3, 0.4) is 0 Å². The number of hydrogen-bond acceptors (Lipinski definition) is 7. The van der Waals surface area contributed by atoms with Gasteiger partial charge in [-0.1, -0.05) is 36.4 Å². The molecule has 0 aliphatic rings. The number of nitrogens with two attached hydrogens (primary N) is 1. The molecule has 0 unspecified atom stereocenters. The number of rotatable bonds is 6. The summed E-state index contributed by atoms with van der Waals surface area (Å²) >= 11 is 0. The number of methoxy groups -OCH3 is 1. The predicted molar refractivity (Wildman–Crippen MR) is 103 cm³/mol. The van der Waals surface area contributed by atoms with Crippen molar-refractivity contribution in [1.29, 1.82) is 0 Å². The van der Waals surface area contributed by atoms with Crippen molar-refractivity contribution in [2.24, 2.45) is 5.73 Å². The van der Waals surface area contributed by atoms with Crippen LogP contribution in [0, 0.1) is 0 Å². The van der Waals surface area contributed by atoms with E-state index in [-0.39, 0.29) is 11.7 Å². The first-order valence-electron chi connectivity index (χ1n) is 8.50. The molecule has 4 rings (SSSR count). The third-order valence-corrected chi connectivity index (χ3v) is 4.13. The highest BCUT2D eigenvalue weighted by atomic mass is 16.5. The number of benzene rings is 1. The van der Waals surface area contributed by atoms with Gasteiger partial charge in [-0.2, -0.15) is 20.1 Å². The van der Waals surface area contributed by atoms with Crippen molar-refractivity contribution in [1.82, 2.24) is 24.6 Å². The number of primary amides is 1. The second-order valence-corrected chi connectivity index (χ2v) is 5.94. The summed E-state index contributed by atoms with van der Waals surface area (Å²) in [5.74, 6) is 0.175. The standard InChI is InChI=1S/C19H17N7O2/c1-28-19-24-17(23-18(25-19)21-10-12-6-3-2-4-7-12)13-11-22-26-14(13)8-5-9-15(26)16(20)27/h2-9,11H,10H2,1H3,(H2,20,27)(H,21,23,24,25). The van der Waals surface area contributed by atoms with Gasteiger partial charge in [-0.05, 0) is 17.7 Å². The second-order valence-electron chi connectivity index (χ2n) is 5.94. The van der Waals surface area contributed by atoms with Crippen molar-refractivity contribution in [3.8, 4) is 17.4 Å². The minimum absolute atomic E-state index is 0.172. The van der Waals surface area contributed by atoms with Gasteiger partial charge in [0.15, 0.2) is 5.82 Å². The molecule has 3 heterocycles. The highest BCUT2D eigenvalue weighted by Crippen LogP contribution is 2.24. The van der Waals surface area contributed by atoms with E-state index in [2.05, 4.69) is 25.4 Å². The Labute approximate surface area is 160 Å². The van der Waals surface area contributed by atoms with E-state index >= 15 is 0 Å². The monoisotopic (exact) mass is 375 g/mol. The lowest BCUT2D eigenvalue weighted by atomic mass is 10.2. The minimum atomic E-state index is -0.571. The van der Waals surface area contributed by atoms with Crippen LogP contribution in [-0.2, 0) is 6.54 Å². The molecule has 1 amide bonds. The number of ether oxygens (including phenoxy) is 1. The molecule has 0 spiro atoms. The van der Waals surface area contributed by atoms with Crippen LogP contribution in [0.4, 0.5) is 5.95 Å². The van der Waals surface area contributed by atoms with Crippen LogP contribution in [0.2, 0.25) is 0 Å². The summed E-state index contributed by atoms with van der Waals surface area (Å²) in [5, 5.41) is 7.42. The Balaban J connectivity index is 1.73. The van der Waals surface area contributed by atoms with Gasteiger partial charge in [0.05, 0.1) is 24.4 Å². The third-order valence-electron chi connectivity index (χ3n) is 4.13. The quantitative estimate of drug-likeness (QED) is 0.528. The van der Waals surface area contributed by atoms with Gasteiger partial charge in [-0.15, -0.1) is 0 Å². The van der Waals surface area contributed by atoms with Gasteiger partial charge in [0.2, 0.25) is 5.95 Å². The number of pyridine rings is 1. The zero-order chi connectivity index (χ0) is 19.5. The van der Waals surface area contributed by atoms with Gasteiger partial charge in [0, 0.05) is 6.54 Å². The van der Waals surface area contributed by atoms with E-state index in [1.54, 1.807) is 18.3 Å². The molecule has 3 N–H and O–H groups in total. The molecule has 9 heteroatoms. The molecular formula is C19H17N7O2. The van der Waals surface area contributed by atoms with Crippen molar-refractivity contribution in [2.75, 3.05) is 12.4 Å². The molecular weight excluding hydrogens is 358 g/mol. The SMILES string of the molecule is COc1nc(NCc2ccccc2)nc(-c2cnn3c(C(N)=O)cccc23)n1. The number of anilines is 1. The lowest BCUT2D eigenvalue weighted by molar-refractivity contribution is 0.0993. The molecule has 0 saturated carbocycles. The normalized spacial score (nSPS) is 10.8. The predicted octanol–water partition coefficient (Wildman–Crippen LogP) is 1.91. The van der Waals surface area contributed by atoms with Crippen LogP contribution in [0.25, 0.3) is 16.9 Å². The third kappa shape index (κ3) is 3.32. The first kappa shape index (κ1) is 17.4. The molecule has 3 aromatic heterocycles. The lowest BCUT2D eigenvalue weighted by Gasteiger charge is -2.08. The molecule has 0 bridgehead atoms. The minimum Gasteiger partial charge on any atom is -0.467 e. The van der Waals surface area contributed by atoms with Crippen molar-refractivity contribution in [3.63, 3.8) is 0 Å². The Morgan fingerprint density at radius 3 is 2.68 bits per heavy atom. The van der Waals surface area contributed by atoms with Gasteiger partial charge in [-0.25, -0.2) is 4.52 Å². The van der Waals surface area contributed by atoms with Crippen molar-refractivity contribution < 1.29 is 9.53 Å². The highest BCUT2D eigenvalue weighted by Gasteiger charge is 2.16. The molecule has 140 valence electrons. The average Bonchev–Trinajstić information content (AvgIpc) is 3.17. The van der Waals surface area contributed by atoms with Crippen molar-refractivity contribution in [3.05, 3.63) is 66.0 Å². The van der Waals surface area contributed by atoms with E-state index < -0.39 is 5.91 Å². The van der Waals surface area contributed by atoms with Gasteiger partial charge < -0.3 is 15.8 Å². The second kappa shape index (κ2) is 7.31. The van der Waals surface area contributed by atoms with Crippen LogP contribution in [-0.4, -0.2) is 37.6 Å². The molecule has 0 fully saturated rings. The number of nitrogens with one attached hydrogen (secondary N) is 1. The average molecular weight is 375 g/mol. The summed E-state index contributed by atoms with van der Waals surface area (Å²) in [6.07, 6.45) is 1.58. The molecule has 0 saturated heterocycles. The van der Waals surface area contributed by atoms with E-state index in [9.17, 15) is 4.79 Å². The number of aromatic nitrogens is 5. The van der Waals surface area contributed by atoms with E-state index in [0.717, 1.165) is 5.56 Å². The number of fused-ring (bicyclic) bond motifs is 1. The van der Waals surface area contributed by atoms with Crippen LogP contribution >= 0.6 is 0 Å². The van der Waals surface area contributed by atoms with Crippen molar-refractivity contribution >= 4 is 17.4 Å². The molecule has 4 aromatic rings. The van der Waals surface area contributed by atoms with Crippen molar-refractivity contribution in [2.45, 2.75) is 6.54 Å². The fourth-order valence-electron chi connectivity index (χ4n) is 2.79. The van der Waals surface area contributed by atoms with Gasteiger partial charge >= 0.3 is 6.01 Å². The molecule has 1 aromatic carbocycles. The zero-order valence-electron chi connectivity index (χ0n) is 15.0. The molecule has 9 nitrogen and oxygen atoms in total. The summed E-state index contributed by atoms with van der Waals surface area (Å²) in [7, 11) is 1.49. The smallest absolute Gasteiger partial charge is 0.321 e. The number of carbonyl (C=O) groups excluding carboxylic acids is 1. The Morgan fingerprint density at radius 2 is 1.93 bits per heavy atom. The van der Waals surface area contributed by atoms with Gasteiger partial charge in [-0.3, -0.25) is 4.79 Å². The molecule has 0 atom stereocenters. The summed E-state index contributed by atoms with van der Waals surface area (Å²) in [4.78, 5) is 24.7. The fraction of sp³-hybridized carbons (Fsp3) is 0.105. The summed E-state index contributed by atoms with van der Waals surface area (Å²) in [6, 6.07) is 15.2. The van der Waals surface area contributed by atoms with E-state index in [1.165, 1.54) is 11.6 Å². The maximum atomic E-state index is 11.6. The summed E-state index contributed by atoms with van der Waals surface area (Å²) in [5.41, 5.74) is 8.06.